The third-order valence-corrected chi connectivity index (χ3v) is 7.05. The summed E-state index contributed by atoms with van der Waals surface area (Å²) in [5.41, 5.74) is 3.50. The van der Waals surface area contributed by atoms with E-state index in [2.05, 4.69) is 17.0 Å². The average Bonchev–Trinajstić information content (AvgIpc) is 3.22. The van der Waals surface area contributed by atoms with E-state index >= 15 is 0 Å². The quantitative estimate of drug-likeness (QED) is 0.308. The van der Waals surface area contributed by atoms with Crippen LogP contribution in [0.5, 0.6) is 0 Å². The van der Waals surface area contributed by atoms with Crippen molar-refractivity contribution in [2.75, 3.05) is 31.1 Å². The van der Waals surface area contributed by atoms with E-state index in [1.54, 1.807) is 12.1 Å². The van der Waals surface area contributed by atoms with Gasteiger partial charge in [0.15, 0.2) is 5.65 Å². The van der Waals surface area contributed by atoms with Gasteiger partial charge in [-0.15, -0.1) is 0 Å². The van der Waals surface area contributed by atoms with E-state index in [0.717, 1.165) is 46.9 Å². The minimum atomic E-state index is 0.00356. The molecule has 3 aromatic carbocycles. The third-order valence-electron chi connectivity index (χ3n) is 6.81. The molecule has 3 heterocycles. The fourth-order valence-corrected chi connectivity index (χ4v) is 5.12. The Kier molecular flexibility index (Phi) is 6.75. The molecule has 1 aliphatic heterocycles. The molecule has 0 spiro atoms. The third kappa shape index (κ3) is 4.97. The van der Waals surface area contributed by atoms with Crippen molar-refractivity contribution >= 4 is 34.4 Å². The van der Waals surface area contributed by atoms with Crippen LogP contribution < -0.4 is 4.90 Å². The van der Waals surface area contributed by atoms with Crippen LogP contribution in [-0.4, -0.2) is 56.7 Å². The van der Waals surface area contributed by atoms with Gasteiger partial charge in [-0.25, -0.2) is 14.6 Å². The van der Waals surface area contributed by atoms with Gasteiger partial charge in [0.2, 0.25) is 0 Å². The van der Waals surface area contributed by atoms with Crippen LogP contribution in [0, 0.1) is 0 Å². The second-order valence-electron chi connectivity index (χ2n) is 9.40. The van der Waals surface area contributed by atoms with Gasteiger partial charge in [0.05, 0.1) is 17.3 Å². The van der Waals surface area contributed by atoms with Crippen molar-refractivity contribution in [3.63, 3.8) is 0 Å². The van der Waals surface area contributed by atoms with Gasteiger partial charge in [-0.05, 0) is 42.3 Å². The van der Waals surface area contributed by atoms with Gasteiger partial charge in [-0.3, -0.25) is 4.79 Å². The molecular weight excluding hydrogens is 496 g/mol. The van der Waals surface area contributed by atoms with Gasteiger partial charge in [0, 0.05) is 43.2 Å². The highest BCUT2D eigenvalue weighted by Gasteiger charge is 2.24. The summed E-state index contributed by atoms with van der Waals surface area (Å²) < 4.78 is 1.88. The van der Waals surface area contributed by atoms with E-state index in [4.69, 9.17) is 26.7 Å². The number of hydrogen-bond donors (Lipinski definition) is 0. The second-order valence-corrected chi connectivity index (χ2v) is 9.83. The second kappa shape index (κ2) is 10.6. The summed E-state index contributed by atoms with van der Waals surface area (Å²) in [7, 11) is 0. The van der Waals surface area contributed by atoms with Crippen LogP contribution in [-0.2, 0) is 6.42 Å². The molecule has 1 fully saturated rings. The van der Waals surface area contributed by atoms with E-state index in [1.807, 2.05) is 76.4 Å². The maximum Gasteiger partial charge on any atom is 0.253 e. The molecule has 1 amide bonds. The highest BCUT2D eigenvalue weighted by atomic mass is 35.5. The van der Waals surface area contributed by atoms with Crippen LogP contribution in [0.15, 0.2) is 91.1 Å². The number of nitrogens with zero attached hydrogens (tertiary/aromatic N) is 6. The monoisotopic (exact) mass is 522 g/mol. The normalized spacial score (nSPS) is 14.0. The van der Waals surface area contributed by atoms with Crippen molar-refractivity contribution in [2.24, 2.45) is 0 Å². The first-order valence-electron chi connectivity index (χ1n) is 12.8. The molecule has 0 aliphatic carbocycles. The summed E-state index contributed by atoms with van der Waals surface area (Å²) in [6.07, 6.45) is 3.30. The lowest BCUT2D eigenvalue weighted by Gasteiger charge is -2.24. The molecule has 2 aromatic heterocycles. The van der Waals surface area contributed by atoms with Crippen LogP contribution in [0.4, 0.5) is 5.82 Å². The van der Waals surface area contributed by atoms with E-state index < -0.39 is 0 Å². The lowest BCUT2D eigenvalue weighted by molar-refractivity contribution is 0.0767. The highest BCUT2D eigenvalue weighted by molar-refractivity contribution is 6.30. The van der Waals surface area contributed by atoms with Crippen LogP contribution in [0.1, 0.15) is 28.2 Å². The summed E-state index contributed by atoms with van der Waals surface area (Å²) in [4.78, 5) is 27.4. The van der Waals surface area contributed by atoms with Crippen LogP contribution in [0.25, 0.3) is 16.7 Å². The minimum absolute atomic E-state index is 0.00356. The standard InChI is InChI=1S/C30H27ClN6O/c31-24-12-7-11-23(20-24)30(38)36-16-8-15-35(17-18-36)28-26-21-32-37(25-13-5-2-6-14-25)29(26)34-27(33-28)19-22-9-3-1-4-10-22/h1-7,9-14,20-21H,8,15-19H2. The Morgan fingerprint density at radius 2 is 1.63 bits per heavy atom. The molecule has 0 atom stereocenters. The summed E-state index contributed by atoms with van der Waals surface area (Å²) >= 11 is 6.14. The maximum atomic E-state index is 13.2. The molecule has 0 unspecified atom stereocenters. The zero-order chi connectivity index (χ0) is 25.9. The smallest absolute Gasteiger partial charge is 0.253 e. The predicted molar refractivity (Wildman–Crippen MR) is 150 cm³/mol. The van der Waals surface area contributed by atoms with Crippen LogP contribution in [0.2, 0.25) is 5.02 Å². The Morgan fingerprint density at radius 3 is 2.42 bits per heavy atom. The van der Waals surface area contributed by atoms with Crippen LogP contribution >= 0.6 is 11.6 Å². The Labute approximate surface area is 226 Å². The highest BCUT2D eigenvalue weighted by Crippen LogP contribution is 2.28. The summed E-state index contributed by atoms with van der Waals surface area (Å²) in [6.45, 7) is 2.72. The number of para-hydroxylation sites is 1. The number of anilines is 1. The zero-order valence-electron chi connectivity index (χ0n) is 20.9. The van der Waals surface area contributed by atoms with E-state index in [9.17, 15) is 4.79 Å². The number of rotatable bonds is 5. The summed E-state index contributed by atoms with van der Waals surface area (Å²) in [6, 6.07) is 27.4. The number of carbonyl (C=O) groups excluding carboxylic acids is 1. The number of aromatic nitrogens is 4. The predicted octanol–water partition coefficient (Wildman–Crippen LogP) is 5.41. The number of carbonyl (C=O) groups is 1. The molecule has 0 N–H and O–H groups in total. The van der Waals surface area contributed by atoms with Gasteiger partial charge >= 0.3 is 0 Å². The van der Waals surface area contributed by atoms with Gasteiger partial charge in [0.1, 0.15) is 11.6 Å². The number of hydrogen-bond acceptors (Lipinski definition) is 5. The Hall–Kier alpha value is -4.23. The molecule has 190 valence electrons. The molecule has 1 saturated heterocycles. The van der Waals surface area contributed by atoms with E-state index in [0.29, 0.717) is 36.6 Å². The molecule has 7 nitrogen and oxygen atoms in total. The van der Waals surface area contributed by atoms with Crippen molar-refractivity contribution < 1.29 is 4.79 Å². The van der Waals surface area contributed by atoms with Gasteiger partial charge in [-0.1, -0.05) is 66.2 Å². The first kappa shape index (κ1) is 24.1. The van der Waals surface area contributed by atoms with Gasteiger partial charge in [0.25, 0.3) is 5.91 Å². The van der Waals surface area contributed by atoms with Crippen molar-refractivity contribution in [2.45, 2.75) is 12.8 Å². The first-order valence-corrected chi connectivity index (χ1v) is 13.2. The minimum Gasteiger partial charge on any atom is -0.354 e. The Morgan fingerprint density at radius 1 is 0.842 bits per heavy atom. The molecule has 1 aliphatic rings. The van der Waals surface area contributed by atoms with E-state index in [1.165, 1.54) is 0 Å². The molecule has 8 heteroatoms. The zero-order valence-corrected chi connectivity index (χ0v) is 21.6. The van der Waals surface area contributed by atoms with Crippen molar-refractivity contribution in [1.29, 1.82) is 0 Å². The van der Waals surface area contributed by atoms with Crippen LogP contribution in [0.3, 0.4) is 0 Å². The molecule has 0 radical (unpaired) electrons. The van der Waals surface area contributed by atoms with Crippen molar-refractivity contribution in [3.05, 3.63) is 113 Å². The lowest BCUT2D eigenvalue weighted by atomic mass is 10.1. The van der Waals surface area contributed by atoms with Crippen molar-refractivity contribution in [1.82, 2.24) is 24.6 Å². The van der Waals surface area contributed by atoms with Gasteiger partial charge in [-0.2, -0.15) is 5.10 Å². The molecular formula is C30H27ClN6O. The number of amides is 1. The molecule has 5 aromatic rings. The van der Waals surface area contributed by atoms with Gasteiger partial charge < -0.3 is 9.80 Å². The first-order chi connectivity index (χ1) is 18.7. The SMILES string of the molecule is O=C(c1cccc(Cl)c1)N1CCCN(c2nc(Cc3ccccc3)nc3c2cnn3-c2ccccc2)CC1. The maximum absolute atomic E-state index is 13.2. The molecule has 38 heavy (non-hydrogen) atoms. The Balaban J connectivity index is 1.34. The Bertz CT molecular complexity index is 1570. The topological polar surface area (TPSA) is 67.2 Å². The summed E-state index contributed by atoms with van der Waals surface area (Å²) in [5, 5.41) is 6.16. The lowest BCUT2D eigenvalue weighted by Crippen LogP contribution is -2.35. The molecule has 0 bridgehead atoms. The fourth-order valence-electron chi connectivity index (χ4n) is 4.93. The van der Waals surface area contributed by atoms with E-state index in [-0.39, 0.29) is 5.91 Å². The number of benzene rings is 3. The summed E-state index contributed by atoms with van der Waals surface area (Å²) in [5.74, 6) is 1.61. The molecule has 0 saturated carbocycles. The average molecular weight is 523 g/mol. The molecule has 6 rings (SSSR count). The number of fused-ring (bicyclic) bond motifs is 1. The fraction of sp³-hybridized carbons (Fsp3) is 0.200. The number of halogens is 1. The largest absolute Gasteiger partial charge is 0.354 e. The van der Waals surface area contributed by atoms with Crippen molar-refractivity contribution in [3.8, 4) is 5.69 Å².